The number of para-hydroxylation sites is 3. The first-order valence-electron chi connectivity index (χ1n) is 26.5. The van der Waals surface area contributed by atoms with Crippen molar-refractivity contribution >= 4 is 52.5 Å². The van der Waals surface area contributed by atoms with E-state index in [1.807, 2.05) is 130 Å². The van der Waals surface area contributed by atoms with Crippen molar-refractivity contribution in [1.29, 1.82) is 0 Å². The zero-order valence-electron chi connectivity index (χ0n) is 48.2. The van der Waals surface area contributed by atoms with Crippen LogP contribution in [0, 0.1) is 21.3 Å². The monoisotopic (exact) mass is 1190 g/mol. The van der Waals surface area contributed by atoms with Crippen LogP contribution in [0.3, 0.4) is 0 Å². The minimum Gasteiger partial charge on any atom is -0.651 e. The molecule has 80 heavy (non-hydrogen) atoms. The maximum Gasteiger partial charge on any atom is 0.255 e. The van der Waals surface area contributed by atoms with E-state index in [0.29, 0.717) is 38.5 Å². The molecule has 1 atom stereocenters. The number of likely N-dealkylation sites (N-methyl/N-ethyl adjacent to an activating group) is 2. The number of pyridine rings is 1. The van der Waals surface area contributed by atoms with Gasteiger partial charge in [0.15, 0.2) is 0 Å². The molecule has 2 radical (unpaired) electrons. The Kier molecular flexibility index (Phi) is 25.7. The SMILES string of the molecule is CN1C(=O)CCCCc2ccccc21.CN1C(=O)CCCc2ccccc21.CN1C(=O)C[N-]Cc2ccccc21.CN1Cc2ccccc2C1=O.CN1Cc2ncccc2C1=O.Cc1cc2c(cc1C)C(=O)N(C)C(C)C2.[CH3-].[V].[Y]. The van der Waals surface area contributed by atoms with E-state index in [1.54, 1.807) is 50.9 Å². The second-order valence-electron chi connectivity index (χ2n) is 20.4. The molecule has 0 aliphatic carbocycles. The summed E-state index contributed by atoms with van der Waals surface area (Å²) in [7, 11) is 11.0. The predicted molar refractivity (Wildman–Crippen MR) is 312 cm³/mol. The fourth-order valence-corrected chi connectivity index (χ4v) is 9.96. The molecule has 12 rings (SSSR count). The Morgan fingerprint density at radius 1 is 0.475 bits per heavy atom. The summed E-state index contributed by atoms with van der Waals surface area (Å²) in [6.07, 6.45) is 9.26. The molecule has 0 N–H and O–H groups in total. The zero-order chi connectivity index (χ0) is 55.3. The number of nitrogens with zero attached hydrogens (tertiary/aromatic N) is 8. The molecule has 6 amide bonds. The Hall–Kier alpha value is -6.28. The van der Waals surface area contributed by atoms with E-state index in [2.05, 4.69) is 49.3 Å². The van der Waals surface area contributed by atoms with Gasteiger partial charge in [0.05, 0.1) is 17.8 Å². The molecule has 0 fully saturated rings. The molecule has 16 heteroatoms. The van der Waals surface area contributed by atoms with Crippen molar-refractivity contribution in [3.8, 4) is 0 Å². The summed E-state index contributed by atoms with van der Waals surface area (Å²) in [5, 5.41) is 4.15. The molecule has 1 aromatic heterocycles. The molecular weight excluding hydrogens is 1120 g/mol. The maximum absolute atomic E-state index is 12.0. The predicted octanol–water partition coefficient (Wildman–Crippen LogP) is 10.6. The first-order valence-corrected chi connectivity index (χ1v) is 26.5. The van der Waals surface area contributed by atoms with Gasteiger partial charge in [-0.3, -0.25) is 33.8 Å². The second-order valence-corrected chi connectivity index (χ2v) is 20.4. The number of carbonyl (C=O) groups is 6. The molecule has 0 saturated heterocycles. The standard InChI is InChI=1S/C13H17NO.C12H15NO.C11H13NO.C10H11N2O.C9H9NO.C8H8N2O.CH3.V.Y/c1-8-5-11-7-10(3)14(4)13(15)12(11)6-9(8)2;1-13-11-8-4-2-6-10(11)7-3-5-9-12(13)14;1-12-10-7-3-2-5-9(10)6-4-8-11(12)13;1-12-9-5-3-2-4-8(9)6-11-7-10(12)13;1-10-6-7-4-2-3-5-8(7)9(10)11;1-10-5-7-6(8(10)11)3-2-4-9-7;;;/h5-6,10H,7H2,1-4H3;2,4,6,8H,3,5,7,9H2,1H3;2-3,5,7H,4,6,8H2,1H3;2-5H,6-7H2,1H3;2-5H,6H2,1H3;2-4H,5H2,1H3;1H3;;/q;;;-1;;;-1;;. The number of aryl methyl sites for hydroxylation is 4. The van der Waals surface area contributed by atoms with E-state index in [9.17, 15) is 28.8 Å². The Labute approximate surface area is 511 Å². The van der Waals surface area contributed by atoms with Gasteiger partial charge in [-0.2, -0.15) is 0 Å². The first-order chi connectivity index (χ1) is 36.9. The minimum atomic E-state index is 0. The smallest absolute Gasteiger partial charge is 0.255 e. The van der Waals surface area contributed by atoms with Gasteiger partial charge < -0.3 is 42.1 Å². The number of amides is 6. The van der Waals surface area contributed by atoms with Crippen molar-refractivity contribution in [1.82, 2.24) is 19.7 Å². The summed E-state index contributed by atoms with van der Waals surface area (Å²) in [4.78, 5) is 83.7. The summed E-state index contributed by atoms with van der Waals surface area (Å²) in [6.45, 7) is 8.60. The fourth-order valence-electron chi connectivity index (χ4n) is 9.96. The van der Waals surface area contributed by atoms with Gasteiger partial charge in [-0.15, -0.1) is 6.54 Å². The average molecular weight is 1190 g/mol. The van der Waals surface area contributed by atoms with E-state index in [0.717, 1.165) is 95.6 Å². The molecule has 7 heterocycles. The summed E-state index contributed by atoms with van der Waals surface area (Å²) >= 11 is 0. The van der Waals surface area contributed by atoms with Crippen LogP contribution < -0.4 is 14.7 Å². The number of carbonyl (C=O) groups excluding carboxylic acids is 6. The molecule has 1 unspecified atom stereocenters. The van der Waals surface area contributed by atoms with E-state index >= 15 is 0 Å². The van der Waals surface area contributed by atoms with Crippen molar-refractivity contribution in [2.75, 3.05) is 63.5 Å². The van der Waals surface area contributed by atoms with E-state index in [-0.39, 0.29) is 94.1 Å². The zero-order valence-corrected chi connectivity index (χ0v) is 52.5. The minimum absolute atomic E-state index is 0. The number of anilines is 3. The van der Waals surface area contributed by atoms with Crippen molar-refractivity contribution in [3.63, 3.8) is 0 Å². The molecular formula is C64H76N8O6VY-2. The molecule has 0 bridgehead atoms. The third kappa shape index (κ3) is 16.4. The van der Waals surface area contributed by atoms with E-state index in [4.69, 9.17) is 0 Å². The number of hydrogen-bond acceptors (Lipinski definition) is 7. The van der Waals surface area contributed by atoms with E-state index < -0.39 is 0 Å². The molecule has 6 aliphatic heterocycles. The van der Waals surface area contributed by atoms with Gasteiger partial charge >= 0.3 is 0 Å². The van der Waals surface area contributed by atoms with Crippen molar-refractivity contribution < 1.29 is 80.0 Å². The number of rotatable bonds is 0. The third-order valence-electron chi connectivity index (χ3n) is 14.9. The topological polar surface area (TPSA) is 149 Å². The van der Waals surface area contributed by atoms with Crippen molar-refractivity contribution in [2.24, 2.45) is 0 Å². The molecule has 0 saturated carbocycles. The Morgan fingerprint density at radius 2 is 0.938 bits per heavy atom. The van der Waals surface area contributed by atoms with Gasteiger partial charge in [-0.1, -0.05) is 85.4 Å². The van der Waals surface area contributed by atoms with Crippen LogP contribution in [0.15, 0.2) is 128 Å². The maximum atomic E-state index is 12.0. The quantitative estimate of drug-likeness (QED) is 0.138. The molecule has 6 aromatic rings. The van der Waals surface area contributed by atoms with E-state index in [1.165, 1.54) is 27.8 Å². The Morgan fingerprint density at radius 3 is 1.54 bits per heavy atom. The van der Waals surface area contributed by atoms with Crippen LogP contribution in [0.5, 0.6) is 0 Å². The number of benzene rings is 5. The van der Waals surface area contributed by atoms with Crippen LogP contribution in [-0.4, -0.2) is 110 Å². The van der Waals surface area contributed by atoms with Crippen LogP contribution in [0.2, 0.25) is 0 Å². The average Bonchev–Trinajstić information content (AvgIpc) is 3.78. The van der Waals surface area contributed by atoms with Gasteiger partial charge in [0.2, 0.25) is 17.7 Å². The summed E-state index contributed by atoms with van der Waals surface area (Å²) in [5.41, 5.74) is 15.0. The van der Waals surface area contributed by atoms with Gasteiger partial charge in [0, 0.05) is 153 Å². The van der Waals surface area contributed by atoms with Gasteiger partial charge in [0.25, 0.3) is 17.7 Å². The molecule has 14 nitrogen and oxygen atoms in total. The van der Waals surface area contributed by atoms with Gasteiger partial charge in [-0.05, 0) is 141 Å². The van der Waals surface area contributed by atoms with Crippen molar-refractivity contribution in [3.05, 3.63) is 202 Å². The Bertz CT molecular complexity index is 3000. The normalized spacial score (nSPS) is 16.5. The van der Waals surface area contributed by atoms with Gasteiger partial charge in [0.1, 0.15) is 0 Å². The second kappa shape index (κ2) is 31.1. The number of hydrogen-bond donors (Lipinski definition) is 0. The Balaban J connectivity index is 0.000000206. The molecule has 418 valence electrons. The molecule has 6 aliphatic rings. The van der Waals surface area contributed by atoms with Crippen LogP contribution in [0.4, 0.5) is 17.1 Å². The third-order valence-corrected chi connectivity index (χ3v) is 14.9. The van der Waals surface area contributed by atoms with Crippen molar-refractivity contribution in [2.45, 2.75) is 97.8 Å². The molecule has 5 aromatic carbocycles. The number of aromatic nitrogens is 1. The summed E-state index contributed by atoms with van der Waals surface area (Å²) < 4.78 is 0. The number of fused-ring (bicyclic) bond motifs is 6. The largest absolute Gasteiger partial charge is 0.651 e. The van der Waals surface area contributed by atoms with Crippen LogP contribution >= 0.6 is 0 Å². The van der Waals surface area contributed by atoms with Crippen LogP contribution in [0.25, 0.3) is 5.32 Å². The van der Waals surface area contributed by atoms with Crippen LogP contribution in [-0.2, 0) is 105 Å². The molecule has 0 spiro atoms. The summed E-state index contributed by atoms with van der Waals surface area (Å²) in [6, 6.07) is 40.0. The summed E-state index contributed by atoms with van der Waals surface area (Å²) in [5.74, 6) is 0.896. The first kappa shape index (κ1) is 66.2. The fraction of sp³-hybridized carbons (Fsp3) is 0.344. The van der Waals surface area contributed by atoms with Crippen LogP contribution in [0.1, 0.15) is 115 Å². The van der Waals surface area contributed by atoms with Gasteiger partial charge in [-0.25, -0.2) is 0 Å².